The van der Waals surface area contributed by atoms with E-state index in [1.54, 1.807) is 120 Å². The summed E-state index contributed by atoms with van der Waals surface area (Å²) in [6, 6.07) is 30.2. The Kier molecular flexibility index (Phi) is 10.4. The number of ether oxygens (including phenoxy) is 4. The number of nitrogens with zero attached hydrogens (tertiary/aromatic N) is 4. The van der Waals surface area contributed by atoms with Crippen molar-refractivity contribution in [2.45, 2.75) is 38.9 Å². The van der Waals surface area contributed by atoms with Gasteiger partial charge in [0.05, 0.1) is 52.9 Å². The number of methoxy groups -OCH3 is 2. The lowest BCUT2D eigenvalue weighted by Gasteiger charge is -2.31. The zero-order chi connectivity index (χ0) is 50.1. The van der Waals surface area contributed by atoms with Gasteiger partial charge in [-0.25, -0.2) is 0 Å². The quantitative estimate of drug-likeness (QED) is 0.115. The Balaban J connectivity index is 0.917. The summed E-state index contributed by atoms with van der Waals surface area (Å²) in [6.07, 6.45) is 3.51. The Morgan fingerprint density at radius 1 is 0.514 bits per heavy atom. The summed E-state index contributed by atoms with van der Waals surface area (Å²) in [7, 11) is 3.24. The Labute approximate surface area is 436 Å². The van der Waals surface area contributed by atoms with Gasteiger partial charge in [0, 0.05) is 64.1 Å². The normalized spacial score (nSPS) is 16.4. The highest BCUT2D eigenvalue weighted by atomic mass is 32.1. The predicted molar refractivity (Wildman–Crippen MR) is 287 cm³/mol. The van der Waals surface area contributed by atoms with Crippen molar-refractivity contribution < 1.29 is 28.5 Å². The summed E-state index contributed by atoms with van der Waals surface area (Å²) in [5.74, 6) is 2.44. The zero-order valence-electron chi connectivity index (χ0n) is 38.8. The summed E-state index contributed by atoms with van der Waals surface area (Å²) in [5, 5.41) is 39.5. The highest BCUT2D eigenvalue weighted by molar-refractivity contribution is 7.35. The molecule has 12 rings (SSSR count). The third-order valence-electron chi connectivity index (χ3n) is 13.1. The number of carbonyl (C=O) groups is 2. The van der Waals surface area contributed by atoms with E-state index in [-0.39, 0.29) is 22.7 Å². The minimum Gasteiger partial charge on any atom is -0.495 e. The van der Waals surface area contributed by atoms with E-state index in [0.29, 0.717) is 56.0 Å². The Morgan fingerprint density at radius 3 is 1.25 bits per heavy atom. The molecule has 8 heterocycles. The molecule has 0 unspecified atom stereocenters. The van der Waals surface area contributed by atoms with Gasteiger partial charge in [-0.05, 0) is 75.2 Å². The molecule has 0 saturated heterocycles. The minimum absolute atomic E-state index is 0.115. The van der Waals surface area contributed by atoms with E-state index in [9.17, 15) is 30.6 Å². The molecule has 2 aromatic carbocycles. The van der Waals surface area contributed by atoms with E-state index in [1.807, 2.05) is 36.4 Å². The average molecular weight is 1050 g/mol. The van der Waals surface area contributed by atoms with Crippen LogP contribution in [0.4, 0.5) is 0 Å². The van der Waals surface area contributed by atoms with Gasteiger partial charge in [0.15, 0.2) is 23.1 Å². The van der Waals surface area contributed by atoms with Crippen LogP contribution in [0.3, 0.4) is 0 Å². The zero-order valence-corrected chi connectivity index (χ0v) is 43.7. The number of carbonyl (C=O) groups excluding carboxylic acids is 2. The molecule has 4 aliphatic rings. The maximum Gasteiger partial charge on any atom is 0.194 e. The van der Waals surface area contributed by atoms with Gasteiger partial charge in [-0.1, -0.05) is 48.5 Å². The van der Waals surface area contributed by atoms with Crippen molar-refractivity contribution >= 4 is 112 Å². The van der Waals surface area contributed by atoms with Crippen LogP contribution < -0.4 is 18.9 Å². The van der Waals surface area contributed by atoms with E-state index < -0.39 is 11.2 Å². The van der Waals surface area contributed by atoms with Crippen LogP contribution in [-0.2, 0) is 11.2 Å². The number of Topliss-reactive ketones (excluding diaryl/α,β-unsaturated/α-hetero) is 2. The number of ketones is 2. The van der Waals surface area contributed by atoms with Gasteiger partial charge in [0.1, 0.15) is 58.1 Å². The van der Waals surface area contributed by atoms with Crippen molar-refractivity contribution in [3.63, 3.8) is 0 Å². The largest absolute Gasteiger partial charge is 0.495 e. The predicted octanol–water partition coefficient (Wildman–Crippen LogP) is 15.3. The fourth-order valence-corrected chi connectivity index (χ4v) is 17.6. The molecule has 0 spiro atoms. The molecule has 0 fully saturated rings. The maximum atomic E-state index is 13.8. The Hall–Kier alpha value is -7.64. The van der Waals surface area contributed by atoms with Crippen LogP contribution in [0, 0.1) is 45.3 Å². The number of fused-ring (bicyclic) bond motifs is 11. The number of nitriles is 4. The van der Waals surface area contributed by atoms with Gasteiger partial charge in [0.25, 0.3) is 0 Å². The van der Waals surface area contributed by atoms with Gasteiger partial charge < -0.3 is 18.9 Å². The third kappa shape index (κ3) is 6.62. The van der Waals surface area contributed by atoms with Crippen molar-refractivity contribution in [1.29, 1.82) is 21.0 Å². The number of hydrogen-bond donors (Lipinski definition) is 0. The summed E-state index contributed by atoms with van der Waals surface area (Å²) in [4.78, 5) is 36.9. The standard InChI is InChI=1S/C56H32N4O6S6/c1-55(2)35-19-39(49-37(63-5)17-27(67-49)15-33-41(25(21-57)22-58)29-11-7-9-13-31(29)43(33)61)69-47(35)51-45(65-55)53-54(71-51)46-52(72-53)48-36(56(3,4)66-46)20-40(70-48)50-38(64-6)18-28(68-50)16-34-42(26(23-59)24-60)30-12-8-10-14-32(30)44(34)62/h7-20H,1-6H3/b33-15-,34-16-. The van der Waals surface area contributed by atoms with Crippen LogP contribution in [0.5, 0.6) is 23.0 Å². The lowest BCUT2D eigenvalue weighted by molar-refractivity contribution is 0.103. The lowest BCUT2D eigenvalue weighted by Crippen LogP contribution is -2.27. The molecular weight excluding hydrogens is 1020 g/mol. The first-order valence-corrected chi connectivity index (χ1v) is 27.1. The van der Waals surface area contributed by atoms with Crippen LogP contribution in [0.25, 0.3) is 71.7 Å². The van der Waals surface area contributed by atoms with Gasteiger partial charge in [-0.15, -0.1) is 68.0 Å². The van der Waals surface area contributed by atoms with E-state index in [1.165, 1.54) is 22.7 Å². The van der Waals surface area contributed by atoms with Crippen LogP contribution in [0.15, 0.2) is 95.1 Å². The third-order valence-corrected chi connectivity index (χ3v) is 20.6. The van der Waals surface area contributed by atoms with Gasteiger partial charge in [0.2, 0.25) is 0 Å². The molecule has 0 radical (unpaired) electrons. The lowest BCUT2D eigenvalue weighted by atomic mass is 9.94. The summed E-state index contributed by atoms with van der Waals surface area (Å²) < 4.78 is 27.9. The van der Waals surface area contributed by atoms with Crippen LogP contribution in [0.2, 0.25) is 0 Å². The van der Waals surface area contributed by atoms with Crippen molar-refractivity contribution in [2.24, 2.45) is 0 Å². The molecular formula is C56H32N4O6S6. The average Bonchev–Trinajstić information content (AvgIpc) is 4.26. The number of hydrogen-bond acceptors (Lipinski definition) is 16. The number of thiophene rings is 6. The second kappa shape index (κ2) is 16.5. The van der Waals surface area contributed by atoms with Gasteiger partial charge in [-0.2, -0.15) is 21.0 Å². The molecule has 72 heavy (non-hydrogen) atoms. The highest BCUT2D eigenvalue weighted by Gasteiger charge is 2.43. The minimum atomic E-state index is -0.699. The summed E-state index contributed by atoms with van der Waals surface area (Å²) in [5.41, 5.74) is 3.80. The first kappa shape index (κ1) is 45.5. The first-order valence-electron chi connectivity index (χ1n) is 22.2. The van der Waals surface area contributed by atoms with Crippen molar-refractivity contribution in [1.82, 2.24) is 0 Å². The van der Waals surface area contributed by atoms with Crippen molar-refractivity contribution in [3.05, 3.63) is 138 Å². The molecule has 2 aliphatic carbocycles. The van der Waals surface area contributed by atoms with Crippen LogP contribution in [0.1, 0.15) is 80.4 Å². The monoisotopic (exact) mass is 1050 g/mol. The van der Waals surface area contributed by atoms with Gasteiger partial charge >= 0.3 is 0 Å². The van der Waals surface area contributed by atoms with E-state index in [2.05, 4.69) is 39.8 Å². The van der Waals surface area contributed by atoms with Crippen molar-refractivity contribution in [3.8, 4) is 86.3 Å². The topological polar surface area (TPSA) is 166 Å². The summed E-state index contributed by atoms with van der Waals surface area (Å²) >= 11 is 9.60. The van der Waals surface area contributed by atoms with Crippen molar-refractivity contribution in [2.75, 3.05) is 14.2 Å². The Morgan fingerprint density at radius 2 is 0.889 bits per heavy atom. The molecule has 8 aromatic rings. The second-order valence-electron chi connectivity index (χ2n) is 18.0. The van der Waals surface area contributed by atoms with Crippen LogP contribution >= 0.6 is 68.0 Å². The molecule has 0 saturated carbocycles. The SMILES string of the molecule is COc1cc(/C=C2\C(=O)c3ccccc3C2=C(C#N)C#N)sc1-c1cc2c(s1)-c1sc3c4c(sc3c1OC2(C)C)-c1sc(-c2sc(/C=C3\C(=O)c5ccccc5C3=C(C#N)C#N)cc2OC)cc1C(C)(C)O4. The number of rotatable bonds is 6. The maximum absolute atomic E-state index is 13.8. The molecule has 6 aromatic heterocycles. The molecule has 16 heteroatoms. The van der Waals surface area contributed by atoms with E-state index >= 15 is 0 Å². The summed E-state index contributed by atoms with van der Waals surface area (Å²) in [6.45, 7) is 8.32. The molecule has 0 amide bonds. The molecule has 0 atom stereocenters. The van der Waals surface area contributed by atoms with E-state index in [4.69, 9.17) is 18.9 Å². The highest BCUT2D eigenvalue weighted by Crippen LogP contribution is 2.65. The fraction of sp³-hybridized carbons (Fsp3) is 0.143. The van der Waals surface area contributed by atoms with Crippen LogP contribution in [-0.4, -0.2) is 25.8 Å². The van der Waals surface area contributed by atoms with Gasteiger partial charge in [-0.3, -0.25) is 9.59 Å². The van der Waals surface area contributed by atoms with E-state index in [0.717, 1.165) is 80.8 Å². The number of benzene rings is 2. The molecule has 0 bridgehead atoms. The molecule has 2 aliphatic heterocycles. The molecule has 348 valence electrons. The fourth-order valence-electron chi connectivity index (χ4n) is 9.79. The Bertz CT molecular complexity index is 3830. The smallest absolute Gasteiger partial charge is 0.194 e. The number of allylic oxidation sites excluding steroid dienone is 6. The molecule has 10 nitrogen and oxygen atoms in total. The first-order chi connectivity index (χ1) is 34.7. The molecule has 0 N–H and O–H groups in total. The second-order valence-corrected chi connectivity index (χ2v) is 24.3.